The van der Waals surface area contributed by atoms with E-state index >= 15 is 0 Å². The standard InChI is InChI=1S/C15H31Si/c1-14(2)16(3,4)15-12-10-8-6-5-7-9-11-13-15/h14H,5-13H2,1-4H3. The lowest BCUT2D eigenvalue weighted by atomic mass is 10.0. The summed E-state index contributed by atoms with van der Waals surface area (Å²) in [6.45, 7) is 10.1. The highest BCUT2D eigenvalue weighted by atomic mass is 28.3. The minimum atomic E-state index is -1.06. The topological polar surface area (TPSA) is 0 Å². The highest BCUT2D eigenvalue weighted by Crippen LogP contribution is 2.37. The zero-order valence-electron chi connectivity index (χ0n) is 11.9. The zero-order chi connectivity index (χ0) is 12.0. The molecule has 1 fully saturated rings. The Morgan fingerprint density at radius 1 is 0.750 bits per heavy atom. The molecule has 0 heterocycles. The molecule has 1 saturated carbocycles. The molecule has 16 heavy (non-hydrogen) atoms. The molecule has 0 aromatic heterocycles. The van der Waals surface area contributed by atoms with Gasteiger partial charge in [-0.3, -0.25) is 0 Å². The number of hydrogen-bond acceptors (Lipinski definition) is 0. The summed E-state index contributed by atoms with van der Waals surface area (Å²) in [6.07, 6.45) is 13.3. The van der Waals surface area contributed by atoms with E-state index in [2.05, 4.69) is 26.9 Å². The van der Waals surface area contributed by atoms with Crippen LogP contribution in [0.2, 0.25) is 18.6 Å². The quantitative estimate of drug-likeness (QED) is 0.539. The van der Waals surface area contributed by atoms with Gasteiger partial charge in [0, 0.05) is 0 Å². The van der Waals surface area contributed by atoms with Crippen molar-refractivity contribution in [2.45, 2.75) is 90.3 Å². The minimum absolute atomic E-state index is 0.922. The summed E-state index contributed by atoms with van der Waals surface area (Å²) in [5, 5.41) is 0. The van der Waals surface area contributed by atoms with Gasteiger partial charge < -0.3 is 0 Å². The molecule has 0 saturated heterocycles. The molecule has 1 rings (SSSR count). The number of hydrogen-bond donors (Lipinski definition) is 0. The van der Waals surface area contributed by atoms with Crippen molar-refractivity contribution in [2.24, 2.45) is 0 Å². The van der Waals surface area contributed by atoms with E-state index in [0.717, 1.165) is 5.54 Å². The Labute approximate surface area is 104 Å². The molecule has 0 atom stereocenters. The fraction of sp³-hybridized carbons (Fsp3) is 0.933. The van der Waals surface area contributed by atoms with Crippen LogP contribution in [0.4, 0.5) is 0 Å². The van der Waals surface area contributed by atoms with Crippen LogP contribution in [0, 0.1) is 5.54 Å². The first-order valence-corrected chi connectivity index (χ1v) is 10.5. The SMILES string of the molecule is CC(C)[Si](C)(C)[C]1CCCCCCCCC1. The van der Waals surface area contributed by atoms with Crippen molar-refractivity contribution in [3.8, 4) is 0 Å². The van der Waals surface area contributed by atoms with Crippen LogP contribution in [0.5, 0.6) is 0 Å². The summed E-state index contributed by atoms with van der Waals surface area (Å²) >= 11 is 0. The summed E-state index contributed by atoms with van der Waals surface area (Å²) in [7, 11) is -1.06. The van der Waals surface area contributed by atoms with E-state index in [1.807, 2.05) is 5.54 Å². The van der Waals surface area contributed by atoms with Crippen LogP contribution >= 0.6 is 0 Å². The van der Waals surface area contributed by atoms with Gasteiger partial charge in [-0.15, -0.1) is 0 Å². The molecule has 0 aromatic rings. The van der Waals surface area contributed by atoms with E-state index in [9.17, 15) is 0 Å². The lowest BCUT2D eigenvalue weighted by molar-refractivity contribution is 0.536. The van der Waals surface area contributed by atoms with E-state index < -0.39 is 8.07 Å². The van der Waals surface area contributed by atoms with E-state index in [1.54, 1.807) is 0 Å². The van der Waals surface area contributed by atoms with Crippen LogP contribution in [0.15, 0.2) is 0 Å². The van der Waals surface area contributed by atoms with Gasteiger partial charge in [0.25, 0.3) is 0 Å². The molecular weight excluding hydrogens is 208 g/mol. The molecule has 1 radical (unpaired) electrons. The molecule has 0 nitrogen and oxygen atoms in total. The second-order valence-electron chi connectivity index (χ2n) is 6.45. The van der Waals surface area contributed by atoms with Crippen molar-refractivity contribution in [2.75, 3.05) is 0 Å². The summed E-state index contributed by atoms with van der Waals surface area (Å²) in [4.78, 5) is 0. The maximum atomic E-state index is 2.60. The molecule has 0 aromatic carbocycles. The highest BCUT2D eigenvalue weighted by molar-refractivity contribution is 6.83. The predicted molar refractivity (Wildman–Crippen MR) is 77.4 cm³/mol. The zero-order valence-corrected chi connectivity index (χ0v) is 12.9. The van der Waals surface area contributed by atoms with Gasteiger partial charge in [-0.1, -0.05) is 77.4 Å². The normalized spacial score (nSPS) is 22.3. The lowest BCUT2D eigenvalue weighted by Gasteiger charge is -2.36. The molecule has 0 bridgehead atoms. The molecule has 0 N–H and O–H groups in total. The van der Waals surface area contributed by atoms with Crippen molar-refractivity contribution >= 4 is 8.07 Å². The minimum Gasteiger partial charge on any atom is -0.0687 e. The molecular formula is C15H31Si. The van der Waals surface area contributed by atoms with Crippen LogP contribution < -0.4 is 0 Å². The van der Waals surface area contributed by atoms with Gasteiger partial charge in [-0.2, -0.15) is 0 Å². The molecule has 1 aliphatic rings. The Kier molecular flexibility index (Phi) is 6.10. The van der Waals surface area contributed by atoms with Crippen molar-refractivity contribution < 1.29 is 0 Å². The third-order valence-electron chi connectivity index (χ3n) is 4.81. The van der Waals surface area contributed by atoms with E-state index in [4.69, 9.17) is 0 Å². The van der Waals surface area contributed by atoms with Gasteiger partial charge in [0.15, 0.2) is 0 Å². The lowest BCUT2D eigenvalue weighted by Crippen LogP contribution is -2.38. The average Bonchev–Trinajstić information content (AvgIpc) is 2.25. The van der Waals surface area contributed by atoms with Crippen molar-refractivity contribution in [3.05, 3.63) is 5.54 Å². The van der Waals surface area contributed by atoms with Gasteiger partial charge in [-0.25, -0.2) is 0 Å². The summed E-state index contributed by atoms with van der Waals surface area (Å²) < 4.78 is 0. The largest absolute Gasteiger partial charge is 0.0687 e. The fourth-order valence-corrected chi connectivity index (χ4v) is 5.20. The van der Waals surface area contributed by atoms with Crippen LogP contribution in [0.3, 0.4) is 0 Å². The van der Waals surface area contributed by atoms with E-state index in [1.165, 1.54) is 57.8 Å². The summed E-state index contributed by atoms with van der Waals surface area (Å²) in [5.41, 5.74) is 2.91. The van der Waals surface area contributed by atoms with Crippen molar-refractivity contribution in [3.63, 3.8) is 0 Å². The highest BCUT2D eigenvalue weighted by Gasteiger charge is 2.34. The van der Waals surface area contributed by atoms with Gasteiger partial charge in [0.05, 0.1) is 8.07 Å². The third kappa shape index (κ3) is 4.23. The molecule has 1 aliphatic carbocycles. The molecule has 0 amide bonds. The smallest absolute Gasteiger partial charge is 0.0564 e. The summed E-state index contributed by atoms with van der Waals surface area (Å²) in [5.74, 6) is 0. The predicted octanol–water partition coefficient (Wildman–Crippen LogP) is 5.74. The maximum absolute atomic E-state index is 2.60. The van der Waals surface area contributed by atoms with Crippen LogP contribution in [0.1, 0.15) is 71.6 Å². The molecule has 0 aliphatic heterocycles. The molecule has 0 spiro atoms. The average molecular weight is 239 g/mol. The maximum Gasteiger partial charge on any atom is 0.0564 e. The van der Waals surface area contributed by atoms with Crippen LogP contribution in [-0.2, 0) is 0 Å². The second-order valence-corrected chi connectivity index (χ2v) is 11.8. The molecule has 1 heteroatoms. The Morgan fingerprint density at radius 2 is 1.12 bits per heavy atom. The van der Waals surface area contributed by atoms with Gasteiger partial charge in [-0.05, 0) is 18.4 Å². The molecule has 0 unspecified atom stereocenters. The van der Waals surface area contributed by atoms with Crippen molar-refractivity contribution in [1.29, 1.82) is 0 Å². The van der Waals surface area contributed by atoms with E-state index in [0.29, 0.717) is 0 Å². The molecule has 95 valence electrons. The third-order valence-corrected chi connectivity index (χ3v) is 10.0. The second kappa shape index (κ2) is 6.83. The van der Waals surface area contributed by atoms with Crippen molar-refractivity contribution in [1.82, 2.24) is 0 Å². The first kappa shape index (κ1) is 14.3. The Balaban J connectivity index is 2.53. The number of rotatable bonds is 2. The van der Waals surface area contributed by atoms with Gasteiger partial charge >= 0.3 is 0 Å². The van der Waals surface area contributed by atoms with Gasteiger partial charge in [0.1, 0.15) is 0 Å². The van der Waals surface area contributed by atoms with Gasteiger partial charge in [0.2, 0.25) is 0 Å². The summed E-state index contributed by atoms with van der Waals surface area (Å²) in [6, 6.07) is 0. The first-order valence-electron chi connectivity index (χ1n) is 7.40. The monoisotopic (exact) mass is 239 g/mol. The Bertz CT molecular complexity index is 174. The Hall–Kier alpha value is 0.217. The van der Waals surface area contributed by atoms with E-state index in [-0.39, 0.29) is 0 Å². The van der Waals surface area contributed by atoms with Crippen LogP contribution in [-0.4, -0.2) is 8.07 Å². The van der Waals surface area contributed by atoms with Crippen LogP contribution in [0.25, 0.3) is 0 Å². The first-order chi connectivity index (χ1) is 7.55. The Morgan fingerprint density at radius 3 is 1.50 bits per heavy atom. The fourth-order valence-electron chi connectivity index (χ4n) is 2.74.